The topological polar surface area (TPSA) is 51.1 Å². The third kappa shape index (κ3) is 4.67. The fourth-order valence-corrected chi connectivity index (χ4v) is 3.12. The first-order valence-electron chi connectivity index (χ1n) is 9.37. The van der Waals surface area contributed by atoms with Crippen molar-refractivity contribution in [1.29, 1.82) is 0 Å². The number of nitrogens with zero attached hydrogens (tertiary/aromatic N) is 2. The second kappa shape index (κ2) is 8.71. The van der Waals surface area contributed by atoms with Gasteiger partial charge in [-0.2, -0.15) is 0 Å². The molecule has 1 amide bonds. The van der Waals surface area contributed by atoms with E-state index in [0.717, 1.165) is 0 Å². The molecule has 0 saturated carbocycles. The van der Waals surface area contributed by atoms with Gasteiger partial charge >= 0.3 is 6.09 Å². The van der Waals surface area contributed by atoms with Gasteiger partial charge in [0.05, 0.1) is 13.2 Å². The number of aliphatic imine (C=N–C) groups is 1. The van der Waals surface area contributed by atoms with E-state index in [1.54, 1.807) is 0 Å². The van der Waals surface area contributed by atoms with Gasteiger partial charge in [0.2, 0.25) is 0 Å². The van der Waals surface area contributed by atoms with Gasteiger partial charge in [-0.25, -0.2) is 4.79 Å². The SMILES string of the molecule is CCO/C(=N\C(=O)OCC(C)C)N1Cc2ccccc2-c2ccccc2C1. The summed E-state index contributed by atoms with van der Waals surface area (Å²) in [5, 5.41) is 0. The summed E-state index contributed by atoms with van der Waals surface area (Å²) in [5.41, 5.74) is 4.75. The summed E-state index contributed by atoms with van der Waals surface area (Å²) >= 11 is 0. The zero-order valence-corrected chi connectivity index (χ0v) is 16.1. The Bertz CT molecular complexity index is 782. The first-order chi connectivity index (χ1) is 13.1. The molecule has 3 rings (SSSR count). The smallest absolute Gasteiger partial charge is 0.438 e. The van der Waals surface area contributed by atoms with E-state index in [9.17, 15) is 4.79 Å². The normalized spacial score (nSPS) is 13.6. The summed E-state index contributed by atoms with van der Waals surface area (Å²) in [4.78, 5) is 18.2. The number of carbonyl (C=O) groups excluding carboxylic acids is 1. The number of rotatable bonds is 3. The number of benzene rings is 2. The van der Waals surface area contributed by atoms with E-state index >= 15 is 0 Å². The molecule has 2 aromatic rings. The molecule has 1 aliphatic rings. The molecular weight excluding hydrogens is 340 g/mol. The Labute approximate surface area is 160 Å². The Balaban J connectivity index is 1.94. The van der Waals surface area contributed by atoms with E-state index in [-0.39, 0.29) is 5.92 Å². The largest absolute Gasteiger partial charge is 0.465 e. The van der Waals surface area contributed by atoms with Crippen LogP contribution in [0.25, 0.3) is 11.1 Å². The molecule has 0 spiro atoms. The monoisotopic (exact) mass is 366 g/mol. The fourth-order valence-electron chi connectivity index (χ4n) is 3.12. The molecule has 0 radical (unpaired) electrons. The molecule has 0 aromatic heterocycles. The molecule has 0 saturated heterocycles. The van der Waals surface area contributed by atoms with Crippen molar-refractivity contribution in [2.24, 2.45) is 10.9 Å². The summed E-state index contributed by atoms with van der Waals surface area (Å²) in [6.45, 7) is 7.85. The van der Waals surface area contributed by atoms with Crippen molar-refractivity contribution < 1.29 is 14.3 Å². The molecule has 0 bridgehead atoms. The second-order valence-corrected chi connectivity index (χ2v) is 6.97. The molecule has 0 fully saturated rings. The Morgan fingerprint density at radius 1 is 1.00 bits per heavy atom. The molecule has 0 unspecified atom stereocenters. The predicted molar refractivity (Wildman–Crippen MR) is 106 cm³/mol. The summed E-state index contributed by atoms with van der Waals surface area (Å²) < 4.78 is 10.9. The van der Waals surface area contributed by atoms with Crippen LogP contribution in [-0.4, -0.2) is 30.2 Å². The standard InChI is InChI=1S/C22H26N2O3/c1-4-26-21(23-22(25)27-15-16(2)3)24-13-17-9-5-7-11-19(17)20-12-8-6-10-18(20)14-24/h5-12,16H,4,13-15H2,1-3H3/b23-21-. The number of ether oxygens (including phenoxy) is 2. The minimum atomic E-state index is -0.613. The van der Waals surface area contributed by atoms with Crippen LogP contribution in [0.3, 0.4) is 0 Å². The Kier molecular flexibility index (Phi) is 6.12. The van der Waals surface area contributed by atoms with Crippen molar-refractivity contribution in [3.05, 3.63) is 59.7 Å². The summed E-state index contributed by atoms with van der Waals surface area (Å²) in [6, 6.07) is 16.9. The van der Waals surface area contributed by atoms with E-state index in [1.807, 2.05) is 49.9 Å². The Hall–Kier alpha value is -2.82. The van der Waals surface area contributed by atoms with Crippen LogP contribution in [0.4, 0.5) is 4.79 Å². The highest BCUT2D eigenvalue weighted by Crippen LogP contribution is 2.32. The maximum absolute atomic E-state index is 12.1. The van der Waals surface area contributed by atoms with Gasteiger partial charge in [-0.3, -0.25) is 0 Å². The summed E-state index contributed by atoms with van der Waals surface area (Å²) in [6.07, 6.45) is -0.613. The van der Waals surface area contributed by atoms with Crippen molar-refractivity contribution in [1.82, 2.24) is 4.90 Å². The average Bonchev–Trinajstić information content (AvgIpc) is 2.83. The number of amidine groups is 1. The van der Waals surface area contributed by atoms with Crippen molar-refractivity contribution in [2.75, 3.05) is 13.2 Å². The number of fused-ring (bicyclic) bond motifs is 3. The van der Waals surface area contributed by atoms with Crippen molar-refractivity contribution in [2.45, 2.75) is 33.9 Å². The minimum absolute atomic E-state index is 0.261. The molecule has 0 atom stereocenters. The maximum Gasteiger partial charge on any atom is 0.438 e. The van der Waals surface area contributed by atoms with Crippen molar-refractivity contribution in [3.8, 4) is 11.1 Å². The first-order valence-corrected chi connectivity index (χ1v) is 9.37. The molecule has 1 aliphatic heterocycles. The van der Waals surface area contributed by atoms with E-state index in [2.05, 4.69) is 29.3 Å². The molecule has 1 heterocycles. The molecule has 5 nitrogen and oxygen atoms in total. The van der Waals surface area contributed by atoms with Crippen LogP contribution in [0, 0.1) is 5.92 Å². The van der Waals surface area contributed by atoms with E-state index in [1.165, 1.54) is 22.3 Å². The number of hydrogen-bond donors (Lipinski definition) is 0. The quantitative estimate of drug-likeness (QED) is 0.575. The van der Waals surface area contributed by atoms with Crippen LogP contribution < -0.4 is 0 Å². The van der Waals surface area contributed by atoms with E-state index in [4.69, 9.17) is 9.47 Å². The second-order valence-electron chi connectivity index (χ2n) is 6.97. The number of carbonyl (C=O) groups is 1. The first kappa shape index (κ1) is 19.0. The lowest BCUT2D eigenvalue weighted by Crippen LogP contribution is -2.32. The number of hydrogen-bond acceptors (Lipinski definition) is 3. The lowest BCUT2D eigenvalue weighted by Gasteiger charge is -2.24. The van der Waals surface area contributed by atoms with Crippen LogP contribution in [0.15, 0.2) is 53.5 Å². The van der Waals surface area contributed by atoms with Crippen molar-refractivity contribution in [3.63, 3.8) is 0 Å². The van der Waals surface area contributed by atoms with Crippen LogP contribution >= 0.6 is 0 Å². The lowest BCUT2D eigenvalue weighted by molar-refractivity contribution is 0.140. The molecule has 2 aromatic carbocycles. The molecule has 0 N–H and O–H groups in total. The van der Waals surface area contributed by atoms with Gasteiger partial charge in [-0.1, -0.05) is 62.4 Å². The van der Waals surface area contributed by atoms with Gasteiger partial charge in [0, 0.05) is 13.1 Å². The summed E-state index contributed by atoms with van der Waals surface area (Å²) in [5.74, 6) is 0.261. The fraction of sp³-hybridized carbons (Fsp3) is 0.364. The third-order valence-electron chi connectivity index (χ3n) is 4.32. The third-order valence-corrected chi connectivity index (χ3v) is 4.32. The molecule has 0 aliphatic carbocycles. The highest BCUT2D eigenvalue weighted by molar-refractivity contribution is 5.87. The van der Waals surface area contributed by atoms with E-state index in [0.29, 0.717) is 32.3 Å². The predicted octanol–water partition coefficient (Wildman–Crippen LogP) is 4.85. The minimum Gasteiger partial charge on any atom is -0.465 e. The highest BCUT2D eigenvalue weighted by atomic mass is 16.6. The van der Waals surface area contributed by atoms with Gasteiger partial charge in [0.1, 0.15) is 0 Å². The van der Waals surface area contributed by atoms with Crippen LogP contribution in [0.1, 0.15) is 31.9 Å². The van der Waals surface area contributed by atoms with Gasteiger partial charge < -0.3 is 14.4 Å². The van der Waals surface area contributed by atoms with Crippen molar-refractivity contribution >= 4 is 12.1 Å². The molecular formula is C22H26N2O3. The number of amides is 1. The molecule has 27 heavy (non-hydrogen) atoms. The Morgan fingerprint density at radius 2 is 1.56 bits per heavy atom. The molecule has 5 heteroatoms. The van der Waals surface area contributed by atoms with E-state index < -0.39 is 6.09 Å². The highest BCUT2D eigenvalue weighted by Gasteiger charge is 2.23. The van der Waals surface area contributed by atoms with Crippen LogP contribution in [-0.2, 0) is 22.6 Å². The zero-order chi connectivity index (χ0) is 19.2. The zero-order valence-electron chi connectivity index (χ0n) is 16.1. The maximum atomic E-state index is 12.1. The van der Waals surface area contributed by atoms with Crippen LogP contribution in [0.2, 0.25) is 0 Å². The lowest BCUT2D eigenvalue weighted by atomic mass is 9.97. The van der Waals surface area contributed by atoms with Gasteiger partial charge in [-0.05, 0) is 35.1 Å². The Morgan fingerprint density at radius 3 is 2.07 bits per heavy atom. The van der Waals surface area contributed by atoms with Gasteiger partial charge in [-0.15, -0.1) is 4.99 Å². The van der Waals surface area contributed by atoms with Crippen LogP contribution in [0.5, 0.6) is 0 Å². The summed E-state index contributed by atoms with van der Waals surface area (Å²) in [7, 11) is 0. The van der Waals surface area contributed by atoms with Gasteiger partial charge in [0.25, 0.3) is 6.02 Å². The molecule has 142 valence electrons. The average molecular weight is 366 g/mol. The van der Waals surface area contributed by atoms with Gasteiger partial charge in [0.15, 0.2) is 0 Å².